The Morgan fingerprint density at radius 2 is 0.670 bits per heavy atom. The van der Waals surface area contributed by atoms with E-state index in [0.717, 1.165) is 69.6 Å². The van der Waals surface area contributed by atoms with Crippen LogP contribution in [0.3, 0.4) is 0 Å². The average Bonchev–Trinajstić information content (AvgIpc) is 0.924. The van der Waals surface area contributed by atoms with Crippen LogP contribution in [0.1, 0.15) is 347 Å². The van der Waals surface area contributed by atoms with E-state index in [2.05, 4.69) is 55.4 Å². The van der Waals surface area contributed by atoms with Crippen molar-refractivity contribution in [3.63, 3.8) is 0 Å². The van der Waals surface area contributed by atoms with Gasteiger partial charge in [-0.3, -0.25) is 0 Å². The minimum atomic E-state index is -4.53. The summed E-state index contributed by atoms with van der Waals surface area (Å²) in [5.41, 5.74) is -11.1. The first-order valence-electron chi connectivity index (χ1n) is 38.1. The fourth-order valence-corrected chi connectivity index (χ4v) is 14.0. The Balaban J connectivity index is 0.00000116. The monoisotopic (exact) mass is 1590 g/mol. The molecule has 0 bridgehead atoms. The van der Waals surface area contributed by atoms with E-state index in [1.165, 1.54) is 105 Å². The van der Waals surface area contributed by atoms with Gasteiger partial charge in [0, 0.05) is 28.9 Å². The van der Waals surface area contributed by atoms with E-state index >= 15 is 0 Å². The lowest BCUT2D eigenvalue weighted by molar-refractivity contribution is -0.301. The maximum Gasteiger partial charge on any atom is 0.394 e. The molecular weight excluding hydrogens is 1460 g/mol. The Morgan fingerprint density at radius 3 is 0.887 bits per heavy atom. The first kappa shape index (κ1) is 103. The molecule has 8 aliphatic carbocycles. The lowest BCUT2D eigenvalue weighted by atomic mass is 9.68. The SMILES string of the molecule is CC1(F)CC(F)(F)CC1(F)F.CC1(F)CCCC(F)(F)C1(F)F.CC1CCC(C)(C(F)(F)F)CC1.CCC(C)(C)C.CCC1(C(F)(F)F)CCCC1.CCC1(C(F)(F)F)CCCCC1.CCC1(C)CCCC1.CCC1(C)CCCCC1.C[C@@H]1CCC(C)(C)C(F)(F)C1(F)F.Cc1c(F)c(F)c(C)c(F)c1F. The van der Waals surface area contributed by atoms with Crippen molar-refractivity contribution in [1.29, 1.82) is 0 Å². The van der Waals surface area contributed by atoms with Crippen molar-refractivity contribution in [3.05, 3.63) is 34.4 Å². The summed E-state index contributed by atoms with van der Waals surface area (Å²) in [7, 11) is 0. The molecule has 0 N–H and O–H groups in total. The Hall–Kier alpha value is -2.67. The largest absolute Gasteiger partial charge is 0.394 e. The first-order valence-corrected chi connectivity index (χ1v) is 38.1. The van der Waals surface area contributed by atoms with Crippen molar-refractivity contribution in [3.8, 4) is 0 Å². The van der Waals surface area contributed by atoms with Gasteiger partial charge < -0.3 is 0 Å². The predicted octanol–water partition coefficient (Wildman–Crippen LogP) is 32.5. The third kappa shape index (κ3) is 28.2. The molecule has 0 amide bonds. The zero-order valence-corrected chi connectivity index (χ0v) is 66.4. The summed E-state index contributed by atoms with van der Waals surface area (Å²) in [6.07, 6.45) is 8.82. The van der Waals surface area contributed by atoms with Crippen molar-refractivity contribution in [2.75, 3.05) is 0 Å². The molecule has 9 rings (SSSR count). The van der Waals surface area contributed by atoms with Gasteiger partial charge in [0.05, 0.1) is 29.1 Å². The molecule has 1 aromatic rings. The van der Waals surface area contributed by atoms with Crippen LogP contribution in [0, 0.1) is 86.9 Å². The van der Waals surface area contributed by atoms with Crippen LogP contribution in [0.15, 0.2) is 0 Å². The van der Waals surface area contributed by atoms with Crippen LogP contribution in [0.4, 0.5) is 119 Å². The van der Waals surface area contributed by atoms with Crippen LogP contribution in [0.5, 0.6) is 0 Å². The summed E-state index contributed by atoms with van der Waals surface area (Å²) in [4.78, 5) is 0. The van der Waals surface area contributed by atoms with Gasteiger partial charge in [-0.25, -0.2) is 43.9 Å². The van der Waals surface area contributed by atoms with E-state index in [-0.39, 0.29) is 32.1 Å². The summed E-state index contributed by atoms with van der Waals surface area (Å²) in [6.45, 7) is 31.7. The number of alkyl halides is 23. The van der Waals surface area contributed by atoms with Crippen LogP contribution < -0.4 is 0 Å². The smallest absolute Gasteiger partial charge is 0.237 e. The summed E-state index contributed by atoms with van der Waals surface area (Å²) in [5.74, 6) is -30.0. The minimum Gasteiger partial charge on any atom is -0.237 e. The van der Waals surface area contributed by atoms with Gasteiger partial charge in [-0.05, 0) is 165 Å². The molecular formula is C79H127F27. The topological polar surface area (TPSA) is 0 Å². The lowest BCUT2D eigenvalue weighted by Crippen LogP contribution is -2.58. The molecule has 0 nitrogen and oxygen atoms in total. The molecule has 3 atom stereocenters. The second-order valence-corrected chi connectivity index (χ2v) is 34.8. The third-order valence-electron chi connectivity index (χ3n) is 24.5. The van der Waals surface area contributed by atoms with E-state index in [1.54, 1.807) is 13.8 Å². The molecule has 0 heterocycles. The van der Waals surface area contributed by atoms with Crippen LogP contribution in [0.25, 0.3) is 0 Å². The van der Waals surface area contributed by atoms with Gasteiger partial charge in [-0.2, -0.15) is 74.6 Å². The molecule has 0 saturated heterocycles. The highest BCUT2D eigenvalue weighted by Crippen LogP contribution is 2.59. The van der Waals surface area contributed by atoms with E-state index in [4.69, 9.17) is 0 Å². The van der Waals surface area contributed by atoms with E-state index in [1.807, 2.05) is 6.92 Å². The zero-order valence-electron chi connectivity index (χ0n) is 66.4. The number of hydrogen-bond acceptors (Lipinski definition) is 0. The molecule has 632 valence electrons. The van der Waals surface area contributed by atoms with Crippen LogP contribution >= 0.6 is 0 Å². The molecule has 2 unspecified atom stereocenters. The van der Waals surface area contributed by atoms with Crippen LogP contribution in [-0.2, 0) is 0 Å². The number of hydrogen-bond donors (Lipinski definition) is 0. The van der Waals surface area contributed by atoms with Gasteiger partial charge in [-0.15, -0.1) is 0 Å². The summed E-state index contributed by atoms with van der Waals surface area (Å²) in [5, 5.41) is 0. The van der Waals surface area contributed by atoms with E-state index in [0.29, 0.717) is 63.7 Å². The molecule has 8 fully saturated rings. The highest BCUT2D eigenvalue weighted by atomic mass is 19.4. The summed E-state index contributed by atoms with van der Waals surface area (Å²) < 4.78 is 341. The van der Waals surface area contributed by atoms with Crippen molar-refractivity contribution in [2.24, 2.45) is 49.7 Å². The summed E-state index contributed by atoms with van der Waals surface area (Å²) >= 11 is 0. The zero-order chi connectivity index (χ0) is 83.7. The van der Waals surface area contributed by atoms with E-state index in [9.17, 15) is 119 Å². The van der Waals surface area contributed by atoms with E-state index < -0.39 is 153 Å². The molecule has 27 heteroatoms. The normalized spacial score (nSPS) is 28.7. The fourth-order valence-electron chi connectivity index (χ4n) is 14.0. The number of rotatable bonds is 4. The summed E-state index contributed by atoms with van der Waals surface area (Å²) in [6, 6.07) is 0. The van der Waals surface area contributed by atoms with Crippen molar-refractivity contribution in [1.82, 2.24) is 0 Å². The second kappa shape index (κ2) is 39.4. The van der Waals surface area contributed by atoms with Crippen molar-refractivity contribution < 1.29 is 119 Å². The third-order valence-corrected chi connectivity index (χ3v) is 24.5. The fraction of sp³-hybridized carbons (Fsp3) is 0.924. The van der Waals surface area contributed by atoms with Crippen molar-refractivity contribution in [2.45, 2.75) is 415 Å². The Labute approximate surface area is 616 Å². The van der Waals surface area contributed by atoms with Gasteiger partial charge in [0.15, 0.2) is 34.6 Å². The Bertz CT molecular complexity index is 2530. The standard InChI is InChI=1S/C9H14F4.2C9H15F3.C9H18.C8H6F4.C8H13F3.C8H16.C7H9F5.C6H7F5.C6H14/c1-6-4-5-7(2,3)9(12,13)8(6,10)11;1-7-3-5-8(2,6-4-7)9(10,11)12;1-2-8(9(10,11)12)6-4-3-5-7-8;1-3-9(2)7-5-4-6-8-9;1-3-5(9)7(11)4(2)8(12)6(3)10;1-2-7(8(9,10)11)5-3-4-6-7;1-3-8(2)6-4-5-7-8;1-5(8)3-2-4-6(9,10)7(5,11)12;1-4(7)2-5(8,9)3-6(4,10)11;1-5-6(2,3)4/h6H,4-5H2,1-3H3;7H,3-6H2,1-2H3;2-7H2,1H3;3-8H2,1-2H3;1-2H3;2-6H2,1H3;3-7H2,1-2H3;2-4H2,1H3;2-3H2,1H3;5H2,1-4H3/t6-;;;;;;;;;/m1........./s1. The quantitative estimate of drug-likeness (QED) is 0.208. The Morgan fingerprint density at radius 1 is 0.349 bits per heavy atom. The minimum absolute atomic E-state index is 0.150. The van der Waals surface area contributed by atoms with Crippen molar-refractivity contribution >= 4 is 0 Å². The van der Waals surface area contributed by atoms with Crippen LogP contribution in [0.2, 0.25) is 0 Å². The molecule has 0 aliphatic heterocycles. The van der Waals surface area contributed by atoms with Gasteiger partial charge in [0.25, 0.3) is 11.8 Å². The van der Waals surface area contributed by atoms with Crippen LogP contribution in [-0.4, -0.2) is 65.4 Å². The van der Waals surface area contributed by atoms with Gasteiger partial charge in [0.1, 0.15) is 0 Å². The molecule has 0 radical (unpaired) electrons. The predicted molar refractivity (Wildman–Crippen MR) is 369 cm³/mol. The number of halogens is 27. The molecule has 0 aromatic heterocycles. The van der Waals surface area contributed by atoms with Gasteiger partial charge in [0.2, 0.25) is 0 Å². The second-order valence-electron chi connectivity index (χ2n) is 34.8. The Kier molecular flexibility index (Phi) is 38.4. The molecule has 0 spiro atoms. The molecule has 8 aliphatic rings. The first-order chi connectivity index (χ1) is 47.4. The molecule has 1 aromatic carbocycles. The maximum atomic E-state index is 13.3. The van der Waals surface area contributed by atoms with Gasteiger partial charge >= 0.3 is 42.2 Å². The molecule has 8 saturated carbocycles. The lowest BCUT2D eigenvalue weighted by Gasteiger charge is -2.46. The highest BCUT2D eigenvalue weighted by Gasteiger charge is 2.71. The molecule has 106 heavy (non-hydrogen) atoms. The average molecular weight is 1590 g/mol. The maximum absolute atomic E-state index is 13.3. The van der Waals surface area contributed by atoms with Gasteiger partial charge in [-0.1, -0.05) is 187 Å². The number of benzene rings is 1. The highest BCUT2D eigenvalue weighted by molar-refractivity contribution is 5.27.